The molecule has 1 N–H and O–H groups in total. The Morgan fingerprint density at radius 2 is 2.00 bits per heavy atom. The first-order chi connectivity index (χ1) is 7.79. The smallest absolute Gasteiger partial charge is 0.119 e. The van der Waals surface area contributed by atoms with Crippen LogP contribution in [0.5, 0.6) is 5.75 Å². The fraction of sp³-hybridized carbons (Fsp3) is 0.571. The fourth-order valence-electron chi connectivity index (χ4n) is 1.94. The Morgan fingerprint density at radius 1 is 1.31 bits per heavy atom. The van der Waals surface area contributed by atoms with Crippen LogP contribution in [-0.4, -0.2) is 19.2 Å². The van der Waals surface area contributed by atoms with Gasteiger partial charge in [-0.05, 0) is 44.4 Å². The van der Waals surface area contributed by atoms with Gasteiger partial charge in [-0.1, -0.05) is 24.6 Å². The zero-order chi connectivity index (χ0) is 11.4. The van der Waals surface area contributed by atoms with E-state index in [2.05, 4.69) is 31.3 Å². The van der Waals surface area contributed by atoms with Gasteiger partial charge in [0.1, 0.15) is 12.4 Å². The first kappa shape index (κ1) is 11.5. The molecule has 1 atom stereocenters. The Hall–Kier alpha value is -1.02. The van der Waals surface area contributed by atoms with Crippen LogP contribution in [0.3, 0.4) is 0 Å². The van der Waals surface area contributed by atoms with Crippen LogP contribution in [0.25, 0.3) is 0 Å². The summed E-state index contributed by atoms with van der Waals surface area (Å²) in [6.45, 7) is 6.07. The minimum Gasteiger partial charge on any atom is -0.492 e. The molecule has 88 valence electrons. The second-order valence-corrected chi connectivity index (χ2v) is 4.63. The Balaban J connectivity index is 1.82. The highest BCUT2D eigenvalue weighted by molar-refractivity contribution is 5.26. The maximum absolute atomic E-state index is 5.81. The van der Waals surface area contributed by atoms with Crippen molar-refractivity contribution in [1.82, 2.24) is 5.32 Å². The topological polar surface area (TPSA) is 21.3 Å². The van der Waals surface area contributed by atoms with Crippen LogP contribution in [0.2, 0.25) is 0 Å². The monoisotopic (exact) mass is 219 g/mol. The summed E-state index contributed by atoms with van der Waals surface area (Å²) in [6.07, 6.45) is 2.71. The molecule has 1 aromatic rings. The molecule has 0 heterocycles. The largest absolute Gasteiger partial charge is 0.492 e. The summed E-state index contributed by atoms with van der Waals surface area (Å²) in [5, 5.41) is 3.50. The van der Waals surface area contributed by atoms with E-state index in [1.165, 1.54) is 18.4 Å². The van der Waals surface area contributed by atoms with Crippen LogP contribution in [0.4, 0.5) is 0 Å². The molecule has 0 radical (unpaired) electrons. The molecule has 1 unspecified atom stereocenters. The van der Waals surface area contributed by atoms with Crippen molar-refractivity contribution in [3.63, 3.8) is 0 Å². The summed E-state index contributed by atoms with van der Waals surface area (Å²) in [7, 11) is 0. The van der Waals surface area contributed by atoms with Crippen LogP contribution < -0.4 is 10.1 Å². The molecule has 2 rings (SSSR count). The van der Waals surface area contributed by atoms with Crippen LogP contribution in [0.15, 0.2) is 24.3 Å². The number of hydrogen-bond donors (Lipinski definition) is 1. The lowest BCUT2D eigenvalue weighted by molar-refractivity contribution is 0.251. The van der Waals surface area contributed by atoms with Crippen molar-refractivity contribution >= 4 is 0 Å². The van der Waals surface area contributed by atoms with Crippen molar-refractivity contribution in [2.75, 3.05) is 13.2 Å². The lowest BCUT2D eigenvalue weighted by Gasteiger charge is -2.17. The van der Waals surface area contributed by atoms with Gasteiger partial charge in [0, 0.05) is 6.04 Å². The van der Waals surface area contributed by atoms with Crippen molar-refractivity contribution in [3.05, 3.63) is 29.8 Å². The van der Waals surface area contributed by atoms with Crippen molar-refractivity contribution in [2.24, 2.45) is 5.92 Å². The number of benzene rings is 1. The first-order valence-corrected chi connectivity index (χ1v) is 6.22. The second-order valence-electron chi connectivity index (χ2n) is 4.63. The third-order valence-corrected chi connectivity index (χ3v) is 3.11. The minimum atomic E-state index is 0.534. The maximum atomic E-state index is 5.81. The van der Waals surface area contributed by atoms with Crippen molar-refractivity contribution in [2.45, 2.75) is 32.7 Å². The van der Waals surface area contributed by atoms with E-state index in [1.54, 1.807) is 0 Å². The second kappa shape index (κ2) is 5.35. The highest BCUT2D eigenvalue weighted by atomic mass is 16.5. The minimum absolute atomic E-state index is 0.534. The SMILES string of the molecule is CCNC(COc1ccc(C)cc1)C1CC1. The summed E-state index contributed by atoms with van der Waals surface area (Å²) >= 11 is 0. The molecule has 1 saturated carbocycles. The third kappa shape index (κ3) is 3.24. The number of rotatable bonds is 6. The van der Waals surface area contributed by atoms with E-state index in [1.807, 2.05) is 12.1 Å². The summed E-state index contributed by atoms with van der Waals surface area (Å²) < 4.78 is 5.81. The zero-order valence-corrected chi connectivity index (χ0v) is 10.2. The standard InChI is InChI=1S/C14H21NO/c1-3-15-14(12-6-7-12)10-16-13-8-4-11(2)5-9-13/h4-5,8-9,12,14-15H,3,6-7,10H2,1-2H3. The number of ether oxygens (including phenoxy) is 1. The Bertz CT molecular complexity index is 316. The average molecular weight is 219 g/mol. The van der Waals surface area contributed by atoms with Crippen LogP contribution in [0, 0.1) is 12.8 Å². The molecule has 0 aromatic heterocycles. The normalized spacial score (nSPS) is 17.1. The van der Waals surface area contributed by atoms with E-state index in [4.69, 9.17) is 4.74 Å². The lowest BCUT2D eigenvalue weighted by atomic mass is 10.2. The van der Waals surface area contributed by atoms with E-state index < -0.39 is 0 Å². The van der Waals surface area contributed by atoms with E-state index in [0.717, 1.165) is 24.8 Å². The predicted octanol–water partition coefficient (Wildman–Crippen LogP) is 2.76. The molecule has 2 heteroatoms. The number of aryl methyl sites for hydroxylation is 1. The van der Waals surface area contributed by atoms with Gasteiger partial charge in [-0.25, -0.2) is 0 Å². The van der Waals surface area contributed by atoms with E-state index in [9.17, 15) is 0 Å². The van der Waals surface area contributed by atoms with Gasteiger partial charge in [0.15, 0.2) is 0 Å². The Labute approximate surface area is 98.0 Å². The Morgan fingerprint density at radius 3 is 2.56 bits per heavy atom. The predicted molar refractivity (Wildman–Crippen MR) is 66.9 cm³/mol. The van der Waals surface area contributed by atoms with Crippen molar-refractivity contribution in [1.29, 1.82) is 0 Å². The van der Waals surface area contributed by atoms with Gasteiger partial charge >= 0.3 is 0 Å². The van der Waals surface area contributed by atoms with Gasteiger partial charge in [0.2, 0.25) is 0 Å². The highest BCUT2D eigenvalue weighted by Crippen LogP contribution is 2.32. The molecule has 2 nitrogen and oxygen atoms in total. The summed E-state index contributed by atoms with van der Waals surface area (Å²) in [6, 6.07) is 8.81. The maximum Gasteiger partial charge on any atom is 0.119 e. The van der Waals surface area contributed by atoms with Crippen LogP contribution in [-0.2, 0) is 0 Å². The molecule has 0 saturated heterocycles. The molecule has 0 aliphatic heterocycles. The quantitative estimate of drug-likeness (QED) is 0.794. The molecule has 1 aliphatic rings. The molecular weight excluding hydrogens is 198 g/mol. The molecule has 1 aromatic carbocycles. The molecule has 0 spiro atoms. The molecule has 0 bridgehead atoms. The number of hydrogen-bond acceptors (Lipinski definition) is 2. The van der Waals surface area contributed by atoms with Crippen molar-refractivity contribution in [3.8, 4) is 5.75 Å². The summed E-state index contributed by atoms with van der Waals surface area (Å²) in [4.78, 5) is 0. The van der Waals surface area contributed by atoms with Gasteiger partial charge in [0.25, 0.3) is 0 Å². The third-order valence-electron chi connectivity index (χ3n) is 3.11. The molecular formula is C14H21NO. The number of nitrogens with one attached hydrogen (secondary N) is 1. The Kier molecular flexibility index (Phi) is 3.83. The summed E-state index contributed by atoms with van der Waals surface area (Å²) in [5.74, 6) is 1.82. The van der Waals surface area contributed by atoms with E-state index in [0.29, 0.717) is 6.04 Å². The van der Waals surface area contributed by atoms with Gasteiger partial charge in [-0.15, -0.1) is 0 Å². The molecule has 0 amide bonds. The molecule has 16 heavy (non-hydrogen) atoms. The van der Waals surface area contributed by atoms with Crippen LogP contribution in [0.1, 0.15) is 25.3 Å². The van der Waals surface area contributed by atoms with Gasteiger partial charge in [-0.3, -0.25) is 0 Å². The van der Waals surface area contributed by atoms with Gasteiger partial charge < -0.3 is 10.1 Å². The van der Waals surface area contributed by atoms with Crippen LogP contribution >= 0.6 is 0 Å². The van der Waals surface area contributed by atoms with Gasteiger partial charge in [0.05, 0.1) is 0 Å². The van der Waals surface area contributed by atoms with E-state index in [-0.39, 0.29) is 0 Å². The zero-order valence-electron chi connectivity index (χ0n) is 10.2. The van der Waals surface area contributed by atoms with Crippen molar-refractivity contribution < 1.29 is 4.74 Å². The molecule has 1 fully saturated rings. The highest BCUT2D eigenvalue weighted by Gasteiger charge is 2.30. The summed E-state index contributed by atoms with van der Waals surface area (Å²) in [5.41, 5.74) is 1.28. The molecule has 1 aliphatic carbocycles. The van der Waals surface area contributed by atoms with E-state index >= 15 is 0 Å². The number of likely N-dealkylation sites (N-methyl/N-ethyl adjacent to an activating group) is 1. The average Bonchev–Trinajstić information content (AvgIpc) is 3.10. The lowest BCUT2D eigenvalue weighted by Crippen LogP contribution is -2.36. The first-order valence-electron chi connectivity index (χ1n) is 6.22. The fourth-order valence-corrected chi connectivity index (χ4v) is 1.94. The van der Waals surface area contributed by atoms with Gasteiger partial charge in [-0.2, -0.15) is 0 Å².